The summed E-state index contributed by atoms with van der Waals surface area (Å²) in [7, 11) is 0. The van der Waals surface area contributed by atoms with Crippen LogP contribution in [-0.4, -0.2) is 28.2 Å². The molecular weight excluding hydrogens is 266 g/mol. The molecule has 0 radical (unpaired) electrons. The molecule has 17 heavy (non-hydrogen) atoms. The van der Waals surface area contributed by atoms with Gasteiger partial charge >= 0.3 is 18.3 Å². The summed E-state index contributed by atoms with van der Waals surface area (Å²) in [5, 5.41) is 1.37. The lowest BCUT2D eigenvalue weighted by molar-refractivity contribution is -0.163. The van der Waals surface area contributed by atoms with Crippen LogP contribution in [0, 0.1) is 6.92 Å². The third-order valence-electron chi connectivity index (χ3n) is 1.63. The minimum Gasteiger partial charge on any atom is -0.289 e. The van der Waals surface area contributed by atoms with E-state index < -0.39 is 24.2 Å². The van der Waals surface area contributed by atoms with Crippen molar-refractivity contribution in [3.8, 4) is 0 Å². The fraction of sp³-hybridized carbons (Fsp3) is 0.375. The Morgan fingerprint density at radius 3 is 2.53 bits per heavy atom. The topological polar surface area (TPSA) is 54.9 Å². The third kappa shape index (κ3) is 3.26. The van der Waals surface area contributed by atoms with Crippen LogP contribution in [0.15, 0.2) is 6.07 Å². The van der Waals surface area contributed by atoms with Gasteiger partial charge in [0.25, 0.3) is 0 Å². The van der Waals surface area contributed by atoms with Crippen molar-refractivity contribution in [2.24, 2.45) is 0 Å². The minimum atomic E-state index is -4.81. The summed E-state index contributed by atoms with van der Waals surface area (Å²) in [6.07, 6.45) is -4.11. The highest BCUT2D eigenvalue weighted by atomic mass is 35.5. The van der Waals surface area contributed by atoms with Gasteiger partial charge in [-0.25, -0.2) is 18.7 Å². The zero-order chi connectivity index (χ0) is 13.2. The highest BCUT2D eigenvalue weighted by Crippen LogP contribution is 2.24. The van der Waals surface area contributed by atoms with E-state index in [1.165, 1.54) is 18.3 Å². The quantitative estimate of drug-likeness (QED) is 0.678. The van der Waals surface area contributed by atoms with Gasteiger partial charge in [-0.3, -0.25) is 10.1 Å². The van der Waals surface area contributed by atoms with Crippen molar-refractivity contribution in [1.82, 2.24) is 9.97 Å². The smallest absolute Gasteiger partial charge is 0.289 e. The van der Waals surface area contributed by atoms with Crippen molar-refractivity contribution in [3.05, 3.63) is 16.9 Å². The molecule has 0 bridgehead atoms. The number of anilines is 1. The first-order valence-corrected chi connectivity index (χ1v) is 4.60. The molecule has 1 N–H and O–H groups in total. The van der Waals surface area contributed by atoms with Gasteiger partial charge in [-0.05, 0) is 13.0 Å². The number of aromatic nitrogens is 2. The molecule has 0 atom stereocenters. The van der Waals surface area contributed by atoms with Crippen molar-refractivity contribution >= 4 is 23.5 Å². The van der Waals surface area contributed by atoms with Crippen molar-refractivity contribution < 1.29 is 22.4 Å². The van der Waals surface area contributed by atoms with Gasteiger partial charge in [0.15, 0.2) is 0 Å². The average molecular weight is 272 g/mol. The highest BCUT2D eigenvalue weighted by Gasteiger charge is 2.49. The summed E-state index contributed by atoms with van der Waals surface area (Å²) in [5.41, 5.74) is 0.292. The first-order chi connectivity index (χ1) is 7.73. The molecule has 1 aromatic heterocycles. The lowest BCUT2D eigenvalue weighted by Gasteiger charge is -2.13. The second-order valence-electron chi connectivity index (χ2n) is 3.03. The van der Waals surface area contributed by atoms with Gasteiger partial charge < -0.3 is 0 Å². The van der Waals surface area contributed by atoms with E-state index in [-0.39, 0.29) is 5.15 Å². The fourth-order valence-electron chi connectivity index (χ4n) is 0.870. The zero-order valence-electron chi connectivity index (χ0n) is 8.35. The van der Waals surface area contributed by atoms with Gasteiger partial charge in [-0.1, -0.05) is 11.6 Å². The minimum absolute atomic E-state index is 0.104. The molecule has 0 saturated heterocycles. The highest BCUT2D eigenvalue weighted by molar-refractivity contribution is 6.29. The van der Waals surface area contributed by atoms with Crippen LogP contribution in [0.2, 0.25) is 5.15 Å². The molecule has 0 aliphatic carbocycles. The van der Waals surface area contributed by atoms with Crippen molar-refractivity contribution in [2.75, 3.05) is 5.32 Å². The maximum Gasteiger partial charge on any atom is 0.383 e. The molecule has 1 aromatic rings. The maximum atomic E-state index is 12.6. The number of hydrogen-bond acceptors (Lipinski definition) is 3. The lowest BCUT2D eigenvalue weighted by atomic mass is 10.3. The molecular formula is C8H6ClF4N3O. The summed E-state index contributed by atoms with van der Waals surface area (Å²) < 4.78 is 48.8. The summed E-state index contributed by atoms with van der Waals surface area (Å²) in [5.74, 6) is -7.55. The van der Waals surface area contributed by atoms with Crippen LogP contribution in [-0.2, 0) is 4.79 Å². The fourth-order valence-corrected chi connectivity index (χ4v) is 1.11. The molecule has 1 rings (SSSR count). The van der Waals surface area contributed by atoms with E-state index >= 15 is 0 Å². The molecule has 4 nitrogen and oxygen atoms in total. The number of carbonyl (C=O) groups excluding carboxylic acids is 1. The predicted octanol–water partition coefficient (Wildman–Crippen LogP) is 2.28. The van der Waals surface area contributed by atoms with E-state index in [0.717, 1.165) is 0 Å². The lowest BCUT2D eigenvalue weighted by Crippen LogP contribution is -2.41. The molecule has 0 saturated carbocycles. The zero-order valence-corrected chi connectivity index (χ0v) is 9.10. The number of aryl methyl sites for hydroxylation is 1. The van der Waals surface area contributed by atoms with Gasteiger partial charge in [0.1, 0.15) is 5.15 Å². The third-order valence-corrected chi connectivity index (χ3v) is 1.82. The maximum absolute atomic E-state index is 12.6. The number of hydrogen-bond donors (Lipinski definition) is 1. The summed E-state index contributed by atoms with van der Waals surface area (Å²) in [4.78, 5) is 17.8. The Balaban J connectivity index is 2.88. The van der Waals surface area contributed by atoms with Crippen LogP contribution < -0.4 is 5.32 Å². The largest absolute Gasteiger partial charge is 0.383 e. The molecule has 0 aromatic carbocycles. The number of rotatable bonds is 3. The molecule has 9 heteroatoms. The summed E-state index contributed by atoms with van der Waals surface area (Å²) in [6.45, 7) is 1.47. The average Bonchev–Trinajstić information content (AvgIpc) is 2.15. The number of nitrogens with zero attached hydrogens (tertiary/aromatic N) is 2. The first kappa shape index (κ1) is 13.6. The SMILES string of the molecule is Cc1cc(Cl)nc(NC(=O)C(F)(F)C(F)F)n1. The first-order valence-electron chi connectivity index (χ1n) is 4.22. The van der Waals surface area contributed by atoms with Gasteiger partial charge in [0.05, 0.1) is 0 Å². The normalized spacial score (nSPS) is 11.7. The molecule has 0 spiro atoms. The Morgan fingerprint density at radius 1 is 1.47 bits per heavy atom. The Hall–Kier alpha value is -1.44. The van der Waals surface area contributed by atoms with Crippen LogP contribution in [0.5, 0.6) is 0 Å². The molecule has 1 amide bonds. The number of nitrogens with one attached hydrogen (secondary N) is 1. The van der Waals surface area contributed by atoms with E-state index in [2.05, 4.69) is 9.97 Å². The van der Waals surface area contributed by atoms with Crippen LogP contribution >= 0.6 is 11.6 Å². The summed E-state index contributed by atoms with van der Waals surface area (Å²) in [6, 6.07) is 1.31. The Kier molecular flexibility index (Phi) is 3.87. The monoisotopic (exact) mass is 271 g/mol. The number of carbonyl (C=O) groups is 1. The van der Waals surface area contributed by atoms with E-state index in [1.807, 2.05) is 0 Å². The Morgan fingerprint density at radius 2 is 2.06 bits per heavy atom. The van der Waals surface area contributed by atoms with Crippen LogP contribution in [0.1, 0.15) is 5.69 Å². The molecule has 94 valence electrons. The molecule has 0 aliphatic heterocycles. The van der Waals surface area contributed by atoms with Crippen molar-refractivity contribution in [3.63, 3.8) is 0 Å². The molecule has 1 heterocycles. The van der Waals surface area contributed by atoms with Gasteiger partial charge in [-0.2, -0.15) is 8.78 Å². The second-order valence-corrected chi connectivity index (χ2v) is 3.42. The predicted molar refractivity (Wildman–Crippen MR) is 51.4 cm³/mol. The number of alkyl halides is 4. The summed E-state index contributed by atoms with van der Waals surface area (Å²) >= 11 is 5.47. The van der Waals surface area contributed by atoms with E-state index in [9.17, 15) is 22.4 Å². The second kappa shape index (κ2) is 4.82. The Labute approximate surface area is 98.0 Å². The number of amides is 1. The van der Waals surface area contributed by atoms with E-state index in [0.29, 0.717) is 5.69 Å². The van der Waals surface area contributed by atoms with Gasteiger partial charge in [0.2, 0.25) is 5.95 Å². The van der Waals surface area contributed by atoms with Gasteiger partial charge in [-0.15, -0.1) is 0 Å². The van der Waals surface area contributed by atoms with Crippen molar-refractivity contribution in [2.45, 2.75) is 19.3 Å². The molecule has 0 aliphatic rings. The molecule has 0 fully saturated rings. The number of halogens is 5. The van der Waals surface area contributed by atoms with Crippen LogP contribution in [0.4, 0.5) is 23.5 Å². The van der Waals surface area contributed by atoms with Crippen LogP contribution in [0.25, 0.3) is 0 Å². The Bertz CT molecular complexity index is 421. The van der Waals surface area contributed by atoms with Crippen LogP contribution in [0.3, 0.4) is 0 Å². The van der Waals surface area contributed by atoms with Gasteiger partial charge in [0, 0.05) is 5.69 Å². The van der Waals surface area contributed by atoms with E-state index in [4.69, 9.17) is 11.6 Å². The standard InChI is InChI=1S/C8H6ClF4N3O/c1-3-2-4(9)15-7(14-3)16-6(17)8(12,13)5(10)11/h2,5H,1H3,(H,14,15,16,17). The molecule has 0 unspecified atom stereocenters. The van der Waals surface area contributed by atoms with E-state index in [1.54, 1.807) is 0 Å². The van der Waals surface area contributed by atoms with Crippen molar-refractivity contribution in [1.29, 1.82) is 0 Å².